The monoisotopic (exact) mass is 331 g/mol. The van der Waals surface area contributed by atoms with Gasteiger partial charge in [-0.3, -0.25) is 0 Å². The average molecular weight is 332 g/mol. The molecule has 2 aliphatic rings. The second kappa shape index (κ2) is 6.59. The number of hydrogen-bond acceptors (Lipinski definition) is 3. The Morgan fingerprint density at radius 2 is 1.58 bits per heavy atom. The van der Waals surface area contributed by atoms with Crippen molar-refractivity contribution < 1.29 is 9.84 Å². The Kier molecular flexibility index (Phi) is 4.83. The van der Waals surface area contributed by atoms with E-state index in [2.05, 4.69) is 56.9 Å². The van der Waals surface area contributed by atoms with E-state index in [1.54, 1.807) is 0 Å². The van der Waals surface area contributed by atoms with Gasteiger partial charge >= 0.3 is 0 Å². The first-order chi connectivity index (χ1) is 11.3. The van der Waals surface area contributed by atoms with Gasteiger partial charge < -0.3 is 14.7 Å². The van der Waals surface area contributed by atoms with Crippen LogP contribution in [0, 0.1) is 11.3 Å². The van der Waals surface area contributed by atoms with Crippen molar-refractivity contribution in [2.75, 3.05) is 18.0 Å². The Morgan fingerprint density at radius 1 is 0.958 bits per heavy atom. The average Bonchev–Trinajstić information content (AvgIpc) is 2.95. The maximum atomic E-state index is 10.8. The van der Waals surface area contributed by atoms with Crippen LogP contribution in [0.15, 0.2) is 24.3 Å². The molecule has 1 N–H and O–H groups in total. The molecule has 0 unspecified atom stereocenters. The van der Waals surface area contributed by atoms with Crippen LogP contribution in [0.5, 0.6) is 5.75 Å². The lowest BCUT2D eigenvalue weighted by Crippen LogP contribution is -2.43. The molecule has 24 heavy (non-hydrogen) atoms. The summed E-state index contributed by atoms with van der Waals surface area (Å²) in [5, 5.41) is 10.8. The number of anilines is 1. The van der Waals surface area contributed by atoms with Crippen LogP contribution in [0.2, 0.25) is 0 Å². The van der Waals surface area contributed by atoms with E-state index in [9.17, 15) is 5.11 Å². The molecule has 0 aromatic heterocycles. The molecular weight excluding hydrogens is 298 g/mol. The number of ether oxygens (including phenoxy) is 1. The molecule has 0 amide bonds. The SMILES string of the molecule is CC(C)Oc1ccc(N2CC[C@]3(CC[C@@](O)(C(C)C)CC3)C2)cc1. The van der Waals surface area contributed by atoms with E-state index >= 15 is 0 Å². The van der Waals surface area contributed by atoms with E-state index in [-0.39, 0.29) is 6.10 Å². The maximum Gasteiger partial charge on any atom is 0.119 e. The molecule has 1 aromatic carbocycles. The molecule has 134 valence electrons. The fraction of sp³-hybridized carbons (Fsp3) is 0.714. The number of benzene rings is 1. The normalized spacial score (nSPS) is 30.5. The molecule has 1 aliphatic carbocycles. The highest BCUT2D eigenvalue weighted by atomic mass is 16.5. The second-order valence-corrected chi connectivity index (χ2v) is 8.59. The van der Waals surface area contributed by atoms with Crippen LogP contribution in [0.25, 0.3) is 0 Å². The third-order valence-corrected chi connectivity index (χ3v) is 6.26. The summed E-state index contributed by atoms with van der Waals surface area (Å²) < 4.78 is 5.74. The molecule has 0 atom stereocenters. The van der Waals surface area contributed by atoms with Gasteiger partial charge in [0.05, 0.1) is 11.7 Å². The van der Waals surface area contributed by atoms with Gasteiger partial charge in [-0.15, -0.1) is 0 Å². The van der Waals surface area contributed by atoms with E-state index in [0.29, 0.717) is 11.3 Å². The van der Waals surface area contributed by atoms with Crippen molar-refractivity contribution in [2.24, 2.45) is 11.3 Å². The van der Waals surface area contributed by atoms with E-state index in [1.807, 2.05) is 0 Å². The smallest absolute Gasteiger partial charge is 0.119 e. The molecule has 1 aliphatic heterocycles. The van der Waals surface area contributed by atoms with Crippen molar-refractivity contribution in [1.82, 2.24) is 0 Å². The molecule has 3 rings (SSSR count). The van der Waals surface area contributed by atoms with Crippen LogP contribution in [0.3, 0.4) is 0 Å². The number of rotatable bonds is 4. The van der Waals surface area contributed by atoms with Crippen LogP contribution in [-0.2, 0) is 0 Å². The summed E-state index contributed by atoms with van der Waals surface area (Å²) in [5.74, 6) is 1.31. The first-order valence-electron chi connectivity index (χ1n) is 9.56. The standard InChI is InChI=1S/C21H33NO2/c1-16(2)21(23)11-9-20(10-12-21)13-14-22(15-20)18-5-7-19(8-6-18)24-17(3)4/h5-8,16-17,23H,9-15H2,1-4H3/t20-,21+. The van der Waals surface area contributed by atoms with E-state index in [4.69, 9.17) is 4.74 Å². The van der Waals surface area contributed by atoms with Crippen molar-refractivity contribution in [1.29, 1.82) is 0 Å². The largest absolute Gasteiger partial charge is 0.491 e. The zero-order chi connectivity index (χ0) is 17.4. The lowest BCUT2D eigenvalue weighted by molar-refractivity contribution is -0.0634. The van der Waals surface area contributed by atoms with Gasteiger partial charge in [-0.2, -0.15) is 0 Å². The topological polar surface area (TPSA) is 32.7 Å². The quantitative estimate of drug-likeness (QED) is 0.873. The predicted octanol–water partition coefficient (Wildman–Crippen LogP) is 4.63. The zero-order valence-electron chi connectivity index (χ0n) is 15.7. The van der Waals surface area contributed by atoms with Crippen molar-refractivity contribution in [2.45, 2.75) is 71.5 Å². The van der Waals surface area contributed by atoms with Gasteiger partial charge in [0.25, 0.3) is 0 Å². The second-order valence-electron chi connectivity index (χ2n) is 8.59. The van der Waals surface area contributed by atoms with Crippen LogP contribution >= 0.6 is 0 Å². The minimum absolute atomic E-state index is 0.216. The van der Waals surface area contributed by atoms with Crippen molar-refractivity contribution in [3.63, 3.8) is 0 Å². The first kappa shape index (κ1) is 17.6. The molecular formula is C21H33NO2. The molecule has 0 radical (unpaired) electrons. The molecule has 0 bridgehead atoms. The van der Waals surface area contributed by atoms with Crippen molar-refractivity contribution in [3.05, 3.63) is 24.3 Å². The summed E-state index contributed by atoms with van der Waals surface area (Å²) in [7, 11) is 0. The predicted molar refractivity (Wildman–Crippen MR) is 99.7 cm³/mol. The molecule has 1 saturated heterocycles. The fourth-order valence-corrected chi connectivity index (χ4v) is 4.36. The number of hydrogen-bond donors (Lipinski definition) is 1. The zero-order valence-corrected chi connectivity index (χ0v) is 15.7. The van der Waals surface area contributed by atoms with Crippen LogP contribution < -0.4 is 9.64 Å². The van der Waals surface area contributed by atoms with Gasteiger partial charge in [-0.1, -0.05) is 13.8 Å². The summed E-state index contributed by atoms with van der Waals surface area (Å²) in [4.78, 5) is 2.51. The Bertz CT molecular complexity index is 541. The molecule has 3 heteroatoms. The minimum Gasteiger partial charge on any atom is -0.491 e. The van der Waals surface area contributed by atoms with Crippen molar-refractivity contribution >= 4 is 5.69 Å². The lowest BCUT2D eigenvalue weighted by atomic mass is 9.65. The fourth-order valence-electron chi connectivity index (χ4n) is 4.36. The molecule has 1 heterocycles. The van der Waals surface area contributed by atoms with Crippen LogP contribution in [-0.4, -0.2) is 29.9 Å². The summed E-state index contributed by atoms with van der Waals surface area (Å²) in [6, 6.07) is 8.53. The Morgan fingerprint density at radius 3 is 2.12 bits per heavy atom. The van der Waals surface area contributed by atoms with Gasteiger partial charge in [-0.25, -0.2) is 0 Å². The molecule has 2 fully saturated rings. The molecule has 3 nitrogen and oxygen atoms in total. The van der Waals surface area contributed by atoms with Gasteiger partial charge in [0, 0.05) is 18.8 Å². The highest BCUT2D eigenvalue weighted by Gasteiger charge is 2.46. The van der Waals surface area contributed by atoms with E-state index in [0.717, 1.165) is 44.5 Å². The maximum absolute atomic E-state index is 10.8. The number of aliphatic hydroxyl groups is 1. The van der Waals surface area contributed by atoms with E-state index in [1.165, 1.54) is 12.1 Å². The Labute approximate surface area is 147 Å². The van der Waals surface area contributed by atoms with Gasteiger partial charge in [-0.05, 0) is 81.5 Å². The third-order valence-electron chi connectivity index (χ3n) is 6.26. The highest BCUT2D eigenvalue weighted by Crippen LogP contribution is 2.49. The number of nitrogens with zero attached hydrogens (tertiary/aromatic N) is 1. The highest BCUT2D eigenvalue weighted by molar-refractivity contribution is 5.50. The van der Waals surface area contributed by atoms with Gasteiger partial charge in [0.2, 0.25) is 0 Å². The molecule has 1 saturated carbocycles. The summed E-state index contributed by atoms with van der Waals surface area (Å²) in [6.45, 7) is 10.7. The van der Waals surface area contributed by atoms with Crippen LogP contribution in [0.4, 0.5) is 5.69 Å². The van der Waals surface area contributed by atoms with Gasteiger partial charge in [0.1, 0.15) is 5.75 Å². The Balaban J connectivity index is 1.61. The summed E-state index contributed by atoms with van der Waals surface area (Å²) in [5.41, 5.74) is 1.27. The van der Waals surface area contributed by atoms with Crippen molar-refractivity contribution in [3.8, 4) is 5.75 Å². The van der Waals surface area contributed by atoms with E-state index < -0.39 is 5.60 Å². The lowest BCUT2D eigenvalue weighted by Gasteiger charge is -2.44. The van der Waals surface area contributed by atoms with Gasteiger partial charge in [0.15, 0.2) is 0 Å². The molecule has 1 aromatic rings. The Hall–Kier alpha value is -1.22. The third kappa shape index (κ3) is 3.56. The molecule has 1 spiro atoms. The summed E-state index contributed by atoms with van der Waals surface area (Å²) >= 11 is 0. The summed E-state index contributed by atoms with van der Waals surface area (Å²) in [6.07, 6.45) is 5.71. The van der Waals surface area contributed by atoms with Crippen LogP contribution in [0.1, 0.15) is 59.8 Å². The first-order valence-corrected chi connectivity index (χ1v) is 9.56. The minimum atomic E-state index is -0.436.